The van der Waals surface area contributed by atoms with E-state index in [1.165, 1.54) is 6.92 Å². The number of fused-ring (bicyclic) bond motifs is 1. The fraction of sp³-hybridized carbons (Fsp3) is 0.462. The van der Waals surface area contributed by atoms with Gasteiger partial charge in [0.25, 0.3) is 7.41 Å². The summed E-state index contributed by atoms with van der Waals surface area (Å²) in [5, 5.41) is 21.1. The molecule has 1 aromatic carbocycles. The van der Waals surface area contributed by atoms with Gasteiger partial charge in [-0.15, -0.1) is 0 Å². The highest BCUT2D eigenvalue weighted by atomic mass is 16.6. The molecule has 1 unspecified atom stereocenters. The van der Waals surface area contributed by atoms with Crippen LogP contribution in [0, 0.1) is 10.1 Å². The second kappa shape index (κ2) is 6.15. The number of hydrogen-bond donors (Lipinski definition) is 1. The fourth-order valence-electron chi connectivity index (χ4n) is 2.68. The minimum Gasteiger partial charge on any atom is -0.384 e. The second-order valence-electron chi connectivity index (χ2n) is 5.15. The molecule has 0 bridgehead atoms. The summed E-state index contributed by atoms with van der Waals surface area (Å²) in [6.07, 6.45) is 0.187. The molecule has 0 spiro atoms. The van der Waals surface area contributed by atoms with Crippen LogP contribution < -0.4 is 0 Å². The molecule has 1 N–H and O–H groups in total. The highest BCUT2D eigenvalue weighted by Crippen LogP contribution is 2.25. The van der Waals surface area contributed by atoms with E-state index in [0.717, 1.165) is 17.3 Å². The Kier molecular flexibility index (Phi) is 4.51. The monoisotopic (exact) mass is 276 g/mol. The van der Waals surface area contributed by atoms with E-state index in [0.29, 0.717) is 13.0 Å². The van der Waals surface area contributed by atoms with Gasteiger partial charge in [0.15, 0.2) is 0 Å². The molecule has 0 saturated heterocycles. The van der Waals surface area contributed by atoms with Crippen LogP contribution in [0.4, 0.5) is 0 Å². The standard InChI is InChI=1S/C13H17BN2O4/c1-9(16(19)20)13(18)12-6-10-4-2-3-5-11(10)7-15(12)14-8-17/h2-5,8-9,12-14,18H,6-7H2,1H3/t9?,12-,13+/m0/s1. The molecular formula is C13H17BN2O4. The van der Waals surface area contributed by atoms with Gasteiger partial charge in [-0.25, -0.2) is 0 Å². The Morgan fingerprint density at radius 1 is 1.50 bits per heavy atom. The smallest absolute Gasteiger partial charge is 0.281 e. The molecule has 1 heterocycles. The van der Waals surface area contributed by atoms with Gasteiger partial charge in [0.1, 0.15) is 6.10 Å². The molecule has 0 saturated carbocycles. The molecule has 0 radical (unpaired) electrons. The Bertz CT molecular complexity index is 511. The van der Waals surface area contributed by atoms with Crippen molar-refractivity contribution in [3.8, 4) is 0 Å². The number of carbonyl (C=O) groups excluding carboxylic acids is 1. The van der Waals surface area contributed by atoms with Crippen LogP contribution in [-0.4, -0.2) is 46.6 Å². The normalized spacial score (nSPS) is 21.6. The number of nitrogens with zero attached hydrogens (tertiary/aromatic N) is 2. The number of rotatable bonds is 5. The van der Waals surface area contributed by atoms with Crippen LogP contribution in [0.3, 0.4) is 0 Å². The molecule has 7 heteroatoms. The summed E-state index contributed by atoms with van der Waals surface area (Å²) in [4.78, 5) is 23.0. The van der Waals surface area contributed by atoms with Crippen molar-refractivity contribution in [3.05, 3.63) is 45.5 Å². The van der Waals surface area contributed by atoms with Gasteiger partial charge in [-0.3, -0.25) is 10.1 Å². The van der Waals surface area contributed by atoms with E-state index in [1.807, 2.05) is 24.3 Å². The zero-order valence-corrected chi connectivity index (χ0v) is 11.3. The molecule has 6 nitrogen and oxygen atoms in total. The Morgan fingerprint density at radius 2 is 2.15 bits per heavy atom. The van der Waals surface area contributed by atoms with Crippen LogP contribution in [0.15, 0.2) is 24.3 Å². The number of carbonyl (C=O) groups is 1. The highest BCUT2D eigenvalue weighted by molar-refractivity contribution is 6.64. The van der Waals surface area contributed by atoms with E-state index in [4.69, 9.17) is 0 Å². The average molecular weight is 276 g/mol. The van der Waals surface area contributed by atoms with Gasteiger partial charge < -0.3 is 14.7 Å². The van der Waals surface area contributed by atoms with Crippen molar-refractivity contribution in [2.24, 2.45) is 0 Å². The predicted octanol–water partition coefficient (Wildman–Crippen LogP) is -0.0189. The SMILES string of the molecule is CC([C@@H](O)[C@@H]1Cc2ccccc2CN1BC=O)[N+](=O)[O-]. The molecule has 1 aromatic rings. The molecule has 0 aliphatic carbocycles. The lowest BCUT2D eigenvalue weighted by Gasteiger charge is -2.38. The maximum Gasteiger partial charge on any atom is 0.281 e. The van der Waals surface area contributed by atoms with Gasteiger partial charge in [-0.05, 0) is 17.5 Å². The first-order valence-corrected chi connectivity index (χ1v) is 6.60. The van der Waals surface area contributed by atoms with Crippen molar-refractivity contribution in [3.63, 3.8) is 0 Å². The van der Waals surface area contributed by atoms with Crippen molar-refractivity contribution in [2.75, 3.05) is 0 Å². The Labute approximate surface area is 117 Å². The minimum atomic E-state index is -1.10. The lowest BCUT2D eigenvalue weighted by Crippen LogP contribution is -2.54. The fourth-order valence-corrected chi connectivity index (χ4v) is 2.68. The van der Waals surface area contributed by atoms with Crippen LogP contribution in [0.5, 0.6) is 0 Å². The summed E-state index contributed by atoms with van der Waals surface area (Å²) in [6, 6.07) is 6.31. The van der Waals surface area contributed by atoms with Crippen molar-refractivity contribution in [2.45, 2.75) is 38.1 Å². The van der Waals surface area contributed by atoms with Gasteiger partial charge in [0.05, 0.1) is 6.19 Å². The van der Waals surface area contributed by atoms with E-state index in [1.54, 1.807) is 4.81 Å². The van der Waals surface area contributed by atoms with Gasteiger partial charge >= 0.3 is 0 Å². The van der Waals surface area contributed by atoms with Crippen LogP contribution in [0.25, 0.3) is 0 Å². The van der Waals surface area contributed by atoms with E-state index in [-0.39, 0.29) is 7.41 Å². The molecule has 1 aliphatic rings. The topological polar surface area (TPSA) is 83.7 Å². The first kappa shape index (κ1) is 14.7. The van der Waals surface area contributed by atoms with E-state index in [9.17, 15) is 20.0 Å². The maximum absolute atomic E-state index is 10.9. The Balaban J connectivity index is 2.25. The minimum absolute atomic E-state index is 0.167. The van der Waals surface area contributed by atoms with Crippen molar-refractivity contribution in [1.82, 2.24) is 4.81 Å². The Hall–Kier alpha value is -1.73. The first-order chi connectivity index (χ1) is 9.54. The van der Waals surface area contributed by atoms with Crippen LogP contribution in [0.1, 0.15) is 18.1 Å². The quantitative estimate of drug-likeness (QED) is 0.353. The molecular weight excluding hydrogens is 259 g/mol. The van der Waals surface area contributed by atoms with E-state index in [2.05, 4.69) is 0 Å². The molecule has 3 atom stereocenters. The summed E-state index contributed by atoms with van der Waals surface area (Å²) in [5.74, 6) is 0. The van der Waals surface area contributed by atoms with Gasteiger partial charge in [0.2, 0.25) is 6.04 Å². The first-order valence-electron chi connectivity index (χ1n) is 6.60. The predicted molar refractivity (Wildman–Crippen MR) is 75.8 cm³/mol. The summed E-state index contributed by atoms with van der Waals surface area (Å²) in [7, 11) is 0.167. The van der Waals surface area contributed by atoms with E-state index < -0.39 is 23.1 Å². The molecule has 1 aliphatic heterocycles. The summed E-state index contributed by atoms with van der Waals surface area (Å²) >= 11 is 0. The number of benzene rings is 1. The Morgan fingerprint density at radius 3 is 2.75 bits per heavy atom. The number of hydrogen-bond acceptors (Lipinski definition) is 5. The van der Waals surface area contributed by atoms with Crippen LogP contribution in [-0.2, 0) is 17.8 Å². The average Bonchev–Trinajstić information content (AvgIpc) is 2.45. The highest BCUT2D eigenvalue weighted by Gasteiger charge is 2.38. The molecule has 0 fully saturated rings. The third-order valence-electron chi connectivity index (χ3n) is 3.92. The lowest BCUT2D eigenvalue weighted by atomic mass is 9.81. The molecule has 0 aromatic heterocycles. The third-order valence-corrected chi connectivity index (χ3v) is 3.92. The summed E-state index contributed by atoms with van der Waals surface area (Å²) < 4.78 is 0. The number of aliphatic hydroxyl groups excluding tert-OH is 1. The number of aliphatic hydroxyl groups is 1. The molecule has 2 rings (SSSR count). The van der Waals surface area contributed by atoms with Crippen LogP contribution >= 0.6 is 0 Å². The summed E-state index contributed by atoms with van der Waals surface area (Å²) in [5.41, 5.74) is 2.18. The van der Waals surface area contributed by atoms with Crippen molar-refractivity contribution >= 4 is 13.6 Å². The van der Waals surface area contributed by atoms with Crippen molar-refractivity contribution in [1.29, 1.82) is 0 Å². The van der Waals surface area contributed by atoms with Crippen molar-refractivity contribution < 1.29 is 14.8 Å². The molecule has 0 amide bonds. The number of nitro groups is 1. The largest absolute Gasteiger partial charge is 0.384 e. The second-order valence-corrected chi connectivity index (χ2v) is 5.15. The van der Waals surface area contributed by atoms with Gasteiger partial charge in [-0.1, -0.05) is 24.3 Å². The maximum atomic E-state index is 10.9. The zero-order chi connectivity index (χ0) is 14.7. The van der Waals surface area contributed by atoms with Crippen LogP contribution in [0.2, 0.25) is 0 Å². The third kappa shape index (κ3) is 2.89. The summed E-state index contributed by atoms with van der Waals surface area (Å²) in [6.45, 7) is 1.92. The van der Waals surface area contributed by atoms with Gasteiger partial charge in [0, 0.05) is 24.4 Å². The molecule has 106 valence electrons. The lowest BCUT2D eigenvalue weighted by molar-refractivity contribution is -0.531. The van der Waals surface area contributed by atoms with Gasteiger partial charge in [-0.2, -0.15) is 0 Å². The zero-order valence-electron chi connectivity index (χ0n) is 11.3. The molecule has 20 heavy (non-hydrogen) atoms. The van der Waals surface area contributed by atoms with E-state index >= 15 is 0 Å².